The largest absolute Gasteiger partial charge is 0.488 e. The molecule has 1 saturated heterocycles. The summed E-state index contributed by atoms with van der Waals surface area (Å²) in [5.41, 5.74) is 1.16. The highest BCUT2D eigenvalue weighted by Gasteiger charge is 2.34. The van der Waals surface area contributed by atoms with Crippen LogP contribution in [0.15, 0.2) is 24.3 Å². The summed E-state index contributed by atoms with van der Waals surface area (Å²) >= 11 is 0. The summed E-state index contributed by atoms with van der Waals surface area (Å²) in [4.78, 5) is 25.1. The molecule has 1 fully saturated rings. The summed E-state index contributed by atoms with van der Waals surface area (Å²) < 4.78 is 5.82. The number of amides is 2. The molecule has 1 N–H and O–H groups in total. The van der Waals surface area contributed by atoms with Crippen LogP contribution >= 0.6 is 0 Å². The third-order valence-corrected chi connectivity index (χ3v) is 3.70. The second-order valence-electron chi connectivity index (χ2n) is 4.99. The van der Waals surface area contributed by atoms with E-state index in [-0.39, 0.29) is 24.5 Å². The van der Waals surface area contributed by atoms with Crippen molar-refractivity contribution in [2.75, 3.05) is 13.1 Å². The van der Waals surface area contributed by atoms with Crippen molar-refractivity contribution in [1.82, 2.24) is 10.2 Å². The topological polar surface area (TPSA) is 58.6 Å². The Morgan fingerprint density at radius 1 is 1.37 bits per heavy atom. The molecule has 0 aliphatic carbocycles. The van der Waals surface area contributed by atoms with Gasteiger partial charge in [-0.1, -0.05) is 18.2 Å². The van der Waals surface area contributed by atoms with E-state index in [0.717, 1.165) is 17.7 Å². The first-order chi connectivity index (χ1) is 9.15. The van der Waals surface area contributed by atoms with Gasteiger partial charge in [0.25, 0.3) is 0 Å². The first-order valence-corrected chi connectivity index (χ1v) is 6.47. The maximum atomic E-state index is 11.9. The molecule has 2 atom stereocenters. The predicted octanol–water partition coefficient (Wildman–Crippen LogP) is 0.337. The van der Waals surface area contributed by atoms with Crippen LogP contribution in [0.5, 0.6) is 5.75 Å². The molecule has 0 radical (unpaired) electrons. The van der Waals surface area contributed by atoms with E-state index >= 15 is 0 Å². The second kappa shape index (κ2) is 4.57. The normalized spacial score (nSPS) is 25.8. The van der Waals surface area contributed by atoms with E-state index in [1.54, 1.807) is 11.8 Å². The number of piperazine rings is 1. The van der Waals surface area contributed by atoms with Crippen LogP contribution in [0.1, 0.15) is 12.5 Å². The molecule has 0 aromatic heterocycles. The van der Waals surface area contributed by atoms with Crippen LogP contribution in [-0.2, 0) is 16.0 Å². The van der Waals surface area contributed by atoms with E-state index in [2.05, 4.69) is 5.32 Å². The quantitative estimate of drug-likeness (QED) is 0.834. The van der Waals surface area contributed by atoms with Gasteiger partial charge >= 0.3 is 0 Å². The van der Waals surface area contributed by atoms with Crippen LogP contribution in [0.3, 0.4) is 0 Å². The van der Waals surface area contributed by atoms with Crippen LogP contribution in [0.25, 0.3) is 0 Å². The van der Waals surface area contributed by atoms with Crippen LogP contribution in [0.4, 0.5) is 0 Å². The maximum Gasteiger partial charge on any atom is 0.242 e. The number of carbonyl (C=O) groups excluding carboxylic acids is 2. The Balaban J connectivity index is 1.70. The molecule has 0 saturated carbocycles. The van der Waals surface area contributed by atoms with Crippen LogP contribution in [0.2, 0.25) is 0 Å². The van der Waals surface area contributed by atoms with Gasteiger partial charge in [0.15, 0.2) is 0 Å². The van der Waals surface area contributed by atoms with E-state index in [1.165, 1.54) is 0 Å². The molecule has 2 aliphatic rings. The SMILES string of the molecule is CC1C(=O)NCC(=O)N1CC1Cc2ccccc2O1. The first-order valence-electron chi connectivity index (χ1n) is 6.47. The minimum absolute atomic E-state index is 0.0494. The van der Waals surface area contributed by atoms with Crippen molar-refractivity contribution in [3.05, 3.63) is 29.8 Å². The van der Waals surface area contributed by atoms with Crippen molar-refractivity contribution in [1.29, 1.82) is 0 Å². The lowest BCUT2D eigenvalue weighted by molar-refractivity contribution is -0.145. The molecule has 19 heavy (non-hydrogen) atoms. The lowest BCUT2D eigenvalue weighted by Crippen LogP contribution is -2.59. The summed E-state index contributed by atoms with van der Waals surface area (Å²) in [6, 6.07) is 7.46. The molecule has 1 aromatic carbocycles. The number of hydrogen-bond donors (Lipinski definition) is 1. The van der Waals surface area contributed by atoms with Crippen molar-refractivity contribution >= 4 is 11.8 Å². The third-order valence-electron chi connectivity index (χ3n) is 3.70. The van der Waals surface area contributed by atoms with Crippen molar-refractivity contribution in [2.24, 2.45) is 0 Å². The standard InChI is InChI=1S/C14H16N2O3/c1-9-14(18)15-7-13(17)16(9)8-11-6-10-4-2-3-5-12(10)19-11/h2-5,9,11H,6-8H2,1H3,(H,15,18). The van der Waals surface area contributed by atoms with Gasteiger partial charge < -0.3 is 15.0 Å². The Kier molecular flexibility index (Phi) is 2.89. The fraction of sp³-hybridized carbons (Fsp3) is 0.429. The summed E-state index contributed by atoms with van der Waals surface area (Å²) in [7, 11) is 0. The monoisotopic (exact) mass is 260 g/mol. The molecule has 2 amide bonds. The Morgan fingerprint density at radius 3 is 2.95 bits per heavy atom. The van der Waals surface area contributed by atoms with Gasteiger partial charge in [0.1, 0.15) is 17.9 Å². The highest BCUT2D eigenvalue weighted by molar-refractivity contribution is 5.94. The molecule has 5 nitrogen and oxygen atoms in total. The smallest absolute Gasteiger partial charge is 0.242 e. The van der Waals surface area contributed by atoms with Gasteiger partial charge in [-0.05, 0) is 18.6 Å². The molecular weight excluding hydrogens is 244 g/mol. The van der Waals surface area contributed by atoms with Crippen molar-refractivity contribution in [3.8, 4) is 5.75 Å². The van der Waals surface area contributed by atoms with E-state index in [0.29, 0.717) is 6.54 Å². The van der Waals surface area contributed by atoms with E-state index in [4.69, 9.17) is 4.74 Å². The highest BCUT2D eigenvalue weighted by Crippen LogP contribution is 2.28. The number of ether oxygens (including phenoxy) is 1. The van der Waals surface area contributed by atoms with E-state index < -0.39 is 6.04 Å². The van der Waals surface area contributed by atoms with Crippen LogP contribution < -0.4 is 10.1 Å². The number of carbonyl (C=O) groups is 2. The first kappa shape index (κ1) is 12.0. The molecule has 2 aliphatic heterocycles. The average molecular weight is 260 g/mol. The number of hydrogen-bond acceptors (Lipinski definition) is 3. The third kappa shape index (κ3) is 2.16. The van der Waals surface area contributed by atoms with Crippen LogP contribution in [0, 0.1) is 0 Å². The van der Waals surface area contributed by atoms with Gasteiger partial charge in [0.2, 0.25) is 11.8 Å². The van der Waals surface area contributed by atoms with Gasteiger partial charge in [-0.25, -0.2) is 0 Å². The summed E-state index contributed by atoms with van der Waals surface area (Å²) in [5, 5.41) is 2.58. The summed E-state index contributed by atoms with van der Waals surface area (Å²) in [6.45, 7) is 2.29. The lowest BCUT2D eigenvalue weighted by Gasteiger charge is -2.34. The summed E-state index contributed by atoms with van der Waals surface area (Å²) in [6.07, 6.45) is 0.726. The molecule has 2 heterocycles. The minimum atomic E-state index is -0.423. The van der Waals surface area contributed by atoms with Gasteiger partial charge in [0.05, 0.1) is 13.1 Å². The highest BCUT2D eigenvalue weighted by atomic mass is 16.5. The van der Waals surface area contributed by atoms with Crippen molar-refractivity contribution in [3.63, 3.8) is 0 Å². The fourth-order valence-electron chi connectivity index (χ4n) is 2.60. The molecule has 3 rings (SSSR count). The molecule has 2 unspecified atom stereocenters. The Bertz CT molecular complexity index is 504. The van der Waals surface area contributed by atoms with E-state index in [1.807, 2.05) is 24.3 Å². The minimum Gasteiger partial charge on any atom is -0.488 e. The molecule has 5 heteroatoms. The molecule has 0 bridgehead atoms. The van der Waals surface area contributed by atoms with Gasteiger partial charge in [-0.15, -0.1) is 0 Å². The number of fused-ring (bicyclic) bond motifs is 1. The molecule has 100 valence electrons. The molecule has 0 spiro atoms. The molecule has 1 aromatic rings. The lowest BCUT2D eigenvalue weighted by atomic mass is 10.1. The number of para-hydroxylation sites is 1. The zero-order valence-corrected chi connectivity index (χ0v) is 10.8. The van der Waals surface area contributed by atoms with Crippen molar-refractivity contribution < 1.29 is 14.3 Å². The Hall–Kier alpha value is -2.04. The van der Waals surface area contributed by atoms with Gasteiger partial charge in [-0.3, -0.25) is 9.59 Å². The maximum absolute atomic E-state index is 11.9. The molecular formula is C14H16N2O3. The summed E-state index contributed by atoms with van der Waals surface area (Å²) in [5.74, 6) is 0.732. The second-order valence-corrected chi connectivity index (χ2v) is 4.99. The Morgan fingerprint density at radius 2 is 2.16 bits per heavy atom. The fourth-order valence-corrected chi connectivity index (χ4v) is 2.60. The average Bonchev–Trinajstić information content (AvgIpc) is 2.81. The van der Waals surface area contributed by atoms with Crippen molar-refractivity contribution in [2.45, 2.75) is 25.5 Å². The number of benzene rings is 1. The number of rotatable bonds is 2. The zero-order chi connectivity index (χ0) is 13.4. The predicted molar refractivity (Wildman–Crippen MR) is 68.7 cm³/mol. The zero-order valence-electron chi connectivity index (χ0n) is 10.8. The van der Waals surface area contributed by atoms with E-state index in [9.17, 15) is 9.59 Å². The number of nitrogens with zero attached hydrogens (tertiary/aromatic N) is 1. The Labute approximate surface area is 111 Å². The number of nitrogens with one attached hydrogen (secondary N) is 1. The van der Waals surface area contributed by atoms with Gasteiger partial charge in [0, 0.05) is 6.42 Å². The van der Waals surface area contributed by atoms with Crippen LogP contribution in [-0.4, -0.2) is 41.9 Å². The van der Waals surface area contributed by atoms with Gasteiger partial charge in [-0.2, -0.15) is 0 Å².